The Morgan fingerprint density at radius 2 is 2.28 bits per heavy atom. The Labute approximate surface area is 108 Å². The Balaban J connectivity index is 1.95. The van der Waals surface area contributed by atoms with Crippen molar-refractivity contribution >= 4 is 5.96 Å². The fourth-order valence-corrected chi connectivity index (χ4v) is 2.22. The summed E-state index contributed by atoms with van der Waals surface area (Å²) in [5, 5.41) is 3.35. The summed E-state index contributed by atoms with van der Waals surface area (Å²) in [5.41, 5.74) is 4.96. The van der Waals surface area contributed by atoms with Crippen LogP contribution in [0.4, 0.5) is 0 Å². The molecule has 18 heavy (non-hydrogen) atoms. The van der Waals surface area contributed by atoms with Crippen LogP contribution in [0.3, 0.4) is 0 Å². The van der Waals surface area contributed by atoms with E-state index in [2.05, 4.69) is 27.6 Å². The molecule has 1 heterocycles. The first-order valence-corrected chi connectivity index (χ1v) is 6.46. The number of aromatic nitrogens is 1. The van der Waals surface area contributed by atoms with Gasteiger partial charge in [0.05, 0.1) is 6.54 Å². The third kappa shape index (κ3) is 3.43. The Hall–Kier alpha value is -1.62. The first-order valence-electron chi connectivity index (χ1n) is 6.46. The van der Waals surface area contributed by atoms with Crippen LogP contribution < -0.4 is 16.6 Å². The van der Waals surface area contributed by atoms with Gasteiger partial charge >= 0.3 is 0 Å². The van der Waals surface area contributed by atoms with Gasteiger partial charge < -0.3 is 5.32 Å². The summed E-state index contributed by atoms with van der Waals surface area (Å²) in [7, 11) is 0. The first kappa shape index (κ1) is 12.8. The van der Waals surface area contributed by atoms with E-state index in [1.165, 1.54) is 31.2 Å². The Morgan fingerprint density at radius 1 is 1.50 bits per heavy atom. The van der Waals surface area contributed by atoms with E-state index in [0.29, 0.717) is 18.5 Å². The van der Waals surface area contributed by atoms with Gasteiger partial charge in [-0.15, -0.1) is 0 Å². The van der Waals surface area contributed by atoms with Crippen LogP contribution >= 0.6 is 0 Å². The number of nitrogens with zero attached hydrogens (tertiary/aromatic N) is 2. The maximum Gasteiger partial charge on any atom is 0.206 e. The molecule has 0 unspecified atom stereocenters. The monoisotopic (exact) mass is 247 g/mol. The number of hydrazine groups is 1. The highest BCUT2D eigenvalue weighted by atomic mass is 15.3. The third-order valence-corrected chi connectivity index (χ3v) is 3.39. The minimum Gasteiger partial charge on any atom is -0.353 e. The van der Waals surface area contributed by atoms with Crippen molar-refractivity contribution in [1.82, 2.24) is 15.7 Å². The van der Waals surface area contributed by atoms with Crippen molar-refractivity contribution in [3.8, 4) is 0 Å². The number of hydrogen-bond donors (Lipinski definition) is 3. The zero-order valence-electron chi connectivity index (χ0n) is 10.8. The van der Waals surface area contributed by atoms with Crippen LogP contribution in [0.1, 0.15) is 36.8 Å². The molecule has 0 amide bonds. The second kappa shape index (κ2) is 6.35. The molecule has 1 aliphatic rings. The predicted octanol–water partition coefficient (Wildman–Crippen LogP) is 1.24. The molecule has 0 spiro atoms. The summed E-state index contributed by atoms with van der Waals surface area (Å²) in [4.78, 5) is 8.58. The van der Waals surface area contributed by atoms with Crippen LogP contribution in [0.25, 0.3) is 0 Å². The fourth-order valence-electron chi connectivity index (χ4n) is 2.22. The quantitative estimate of drug-likeness (QED) is 0.325. The number of nitrogens with one attached hydrogen (secondary N) is 2. The van der Waals surface area contributed by atoms with Gasteiger partial charge in [-0.1, -0.05) is 12.8 Å². The lowest BCUT2D eigenvalue weighted by Gasteiger charge is -2.15. The van der Waals surface area contributed by atoms with Crippen molar-refractivity contribution in [2.24, 2.45) is 10.8 Å². The molecule has 1 aromatic heterocycles. The summed E-state index contributed by atoms with van der Waals surface area (Å²) in [6.07, 6.45) is 8.62. The number of rotatable bonds is 3. The summed E-state index contributed by atoms with van der Waals surface area (Å²) >= 11 is 0. The molecular weight excluding hydrogens is 226 g/mol. The van der Waals surface area contributed by atoms with Crippen LogP contribution in [0.5, 0.6) is 0 Å². The van der Waals surface area contributed by atoms with Crippen LogP contribution in [0.15, 0.2) is 23.5 Å². The standard InChI is InChI=1S/C13H21N5/c1-10-6-7-15-8-11(10)9-16-13(18-14)17-12-4-2-3-5-12/h6-8,12H,2-5,9,14H2,1H3,(H2,16,17,18). The molecule has 0 aliphatic heterocycles. The largest absolute Gasteiger partial charge is 0.353 e. The molecule has 0 radical (unpaired) electrons. The average molecular weight is 247 g/mol. The van der Waals surface area contributed by atoms with Gasteiger partial charge in [0, 0.05) is 18.4 Å². The summed E-state index contributed by atoms with van der Waals surface area (Å²) in [5.74, 6) is 6.17. The third-order valence-electron chi connectivity index (χ3n) is 3.39. The number of pyridine rings is 1. The number of aryl methyl sites for hydroxylation is 1. The van der Waals surface area contributed by atoms with Crippen molar-refractivity contribution in [2.75, 3.05) is 0 Å². The van der Waals surface area contributed by atoms with Crippen molar-refractivity contribution in [3.05, 3.63) is 29.6 Å². The zero-order valence-corrected chi connectivity index (χ0v) is 10.8. The molecule has 0 atom stereocenters. The molecule has 0 aromatic carbocycles. The lowest BCUT2D eigenvalue weighted by atomic mass is 10.2. The van der Waals surface area contributed by atoms with Crippen molar-refractivity contribution in [1.29, 1.82) is 0 Å². The highest BCUT2D eigenvalue weighted by Crippen LogP contribution is 2.17. The minimum absolute atomic E-state index is 0.509. The van der Waals surface area contributed by atoms with E-state index in [1.54, 1.807) is 6.20 Å². The molecule has 5 heteroatoms. The number of guanidine groups is 1. The Kier molecular flexibility index (Phi) is 4.52. The molecule has 4 N–H and O–H groups in total. The molecule has 1 aliphatic carbocycles. The number of nitrogens with two attached hydrogens (primary N) is 1. The van der Waals surface area contributed by atoms with Gasteiger partial charge in [0.15, 0.2) is 0 Å². The minimum atomic E-state index is 0.509. The van der Waals surface area contributed by atoms with Crippen LogP contribution in [0.2, 0.25) is 0 Å². The van der Waals surface area contributed by atoms with Crippen LogP contribution in [-0.4, -0.2) is 17.0 Å². The van der Waals surface area contributed by atoms with Crippen molar-refractivity contribution < 1.29 is 0 Å². The van der Waals surface area contributed by atoms with E-state index >= 15 is 0 Å². The molecule has 5 nitrogen and oxygen atoms in total. The molecule has 0 saturated heterocycles. The van der Waals surface area contributed by atoms with Crippen molar-refractivity contribution in [3.63, 3.8) is 0 Å². The number of hydrogen-bond acceptors (Lipinski definition) is 3. The molecule has 1 saturated carbocycles. The second-order valence-electron chi connectivity index (χ2n) is 4.74. The predicted molar refractivity (Wildman–Crippen MR) is 72.8 cm³/mol. The lowest BCUT2D eigenvalue weighted by molar-refractivity contribution is 0.614. The van der Waals surface area contributed by atoms with Crippen LogP contribution in [-0.2, 0) is 6.54 Å². The first-order chi connectivity index (χ1) is 8.79. The van der Waals surface area contributed by atoms with Gasteiger partial charge in [0.25, 0.3) is 0 Å². The smallest absolute Gasteiger partial charge is 0.206 e. The molecule has 1 aromatic rings. The molecule has 0 bridgehead atoms. The Bertz CT molecular complexity index is 410. The Morgan fingerprint density at radius 3 is 2.94 bits per heavy atom. The van der Waals surface area contributed by atoms with Gasteiger partial charge in [-0.05, 0) is 37.0 Å². The van der Waals surface area contributed by atoms with Gasteiger partial charge in [-0.2, -0.15) is 0 Å². The summed E-state index contributed by atoms with van der Waals surface area (Å²) < 4.78 is 0. The fraction of sp³-hybridized carbons (Fsp3) is 0.538. The van der Waals surface area contributed by atoms with E-state index < -0.39 is 0 Å². The van der Waals surface area contributed by atoms with Gasteiger partial charge in [-0.25, -0.2) is 10.8 Å². The van der Waals surface area contributed by atoms with Gasteiger partial charge in [0.2, 0.25) is 5.96 Å². The molecule has 98 valence electrons. The maximum absolute atomic E-state index is 5.49. The van der Waals surface area contributed by atoms with E-state index in [9.17, 15) is 0 Å². The summed E-state index contributed by atoms with van der Waals surface area (Å²) in [6, 6.07) is 2.50. The highest BCUT2D eigenvalue weighted by molar-refractivity contribution is 5.79. The van der Waals surface area contributed by atoms with Gasteiger partial charge in [-0.3, -0.25) is 10.4 Å². The maximum atomic E-state index is 5.49. The lowest BCUT2D eigenvalue weighted by Crippen LogP contribution is -2.45. The number of aliphatic imine (C=N–C) groups is 1. The highest BCUT2D eigenvalue weighted by Gasteiger charge is 2.15. The zero-order chi connectivity index (χ0) is 12.8. The van der Waals surface area contributed by atoms with E-state index in [-0.39, 0.29) is 0 Å². The molecule has 2 rings (SSSR count). The summed E-state index contributed by atoms with van der Waals surface area (Å²) in [6.45, 7) is 2.66. The van der Waals surface area contributed by atoms with E-state index in [0.717, 1.165) is 5.56 Å². The molecule has 1 fully saturated rings. The second-order valence-corrected chi connectivity index (χ2v) is 4.74. The molecular formula is C13H21N5. The average Bonchev–Trinajstić information content (AvgIpc) is 2.89. The van der Waals surface area contributed by atoms with Crippen LogP contribution in [0, 0.1) is 6.92 Å². The normalized spacial score (nSPS) is 16.9. The van der Waals surface area contributed by atoms with E-state index in [4.69, 9.17) is 5.84 Å². The SMILES string of the molecule is Cc1ccncc1CN=C(NN)NC1CCCC1. The van der Waals surface area contributed by atoms with Crippen molar-refractivity contribution in [2.45, 2.75) is 45.2 Å². The van der Waals surface area contributed by atoms with Gasteiger partial charge in [0.1, 0.15) is 0 Å². The topological polar surface area (TPSA) is 75.3 Å². The van der Waals surface area contributed by atoms with E-state index in [1.807, 2.05) is 12.3 Å².